The Morgan fingerprint density at radius 3 is 2.53 bits per heavy atom. The average Bonchev–Trinajstić information content (AvgIpc) is 2.32. The first-order chi connectivity index (χ1) is 8.09. The van der Waals surface area contributed by atoms with Crippen LogP contribution in [0.1, 0.15) is 15.9 Å². The first-order valence-electron chi connectivity index (χ1n) is 4.94. The molecule has 0 radical (unpaired) electrons. The monoisotopic (exact) mass is 357 g/mol. The smallest absolute Gasteiger partial charge is 0.194 e. The fourth-order valence-corrected chi connectivity index (χ4v) is 2.28. The van der Waals surface area contributed by atoms with E-state index in [2.05, 4.69) is 22.6 Å². The summed E-state index contributed by atoms with van der Waals surface area (Å²) in [5, 5.41) is 0.404. The number of rotatable bonds is 2. The molecule has 0 saturated carbocycles. The van der Waals surface area contributed by atoms with Gasteiger partial charge in [-0.3, -0.25) is 4.79 Å². The molecule has 2 aromatic carbocycles. The zero-order valence-corrected chi connectivity index (χ0v) is 11.7. The summed E-state index contributed by atoms with van der Waals surface area (Å²) in [5.41, 5.74) is 7.31. The fraction of sp³-hybridized carbons (Fsp3) is 0. The van der Waals surface area contributed by atoms with Crippen LogP contribution in [0.15, 0.2) is 42.5 Å². The molecule has 17 heavy (non-hydrogen) atoms. The van der Waals surface area contributed by atoms with Gasteiger partial charge in [0.25, 0.3) is 0 Å². The number of benzene rings is 2. The number of carbonyl (C=O) groups excluding carboxylic acids is 1. The Bertz CT molecular complexity index is 583. The van der Waals surface area contributed by atoms with Gasteiger partial charge in [-0.2, -0.15) is 0 Å². The Kier molecular flexibility index (Phi) is 3.69. The van der Waals surface area contributed by atoms with Crippen LogP contribution in [-0.4, -0.2) is 5.78 Å². The highest BCUT2D eigenvalue weighted by Gasteiger charge is 2.12. The maximum Gasteiger partial charge on any atom is 0.194 e. The van der Waals surface area contributed by atoms with Gasteiger partial charge in [-0.25, -0.2) is 0 Å². The normalized spacial score (nSPS) is 10.2. The molecule has 2 rings (SSSR count). The molecule has 0 aliphatic carbocycles. The number of hydrogen-bond acceptors (Lipinski definition) is 2. The highest BCUT2D eigenvalue weighted by molar-refractivity contribution is 14.1. The van der Waals surface area contributed by atoms with Crippen molar-refractivity contribution >= 4 is 45.7 Å². The number of carbonyl (C=O) groups is 1. The van der Waals surface area contributed by atoms with Crippen LogP contribution in [-0.2, 0) is 0 Å². The number of hydrogen-bond donors (Lipinski definition) is 1. The molecule has 0 fully saturated rings. The molecule has 0 aromatic heterocycles. The lowest BCUT2D eigenvalue weighted by Crippen LogP contribution is -2.04. The summed E-state index contributed by atoms with van der Waals surface area (Å²) in [6, 6.07) is 12.4. The highest BCUT2D eigenvalue weighted by Crippen LogP contribution is 2.23. The van der Waals surface area contributed by atoms with Crippen molar-refractivity contribution in [3.8, 4) is 0 Å². The summed E-state index contributed by atoms with van der Waals surface area (Å²) >= 11 is 8.05. The van der Waals surface area contributed by atoms with Gasteiger partial charge in [0.15, 0.2) is 5.78 Å². The van der Waals surface area contributed by atoms with E-state index in [1.807, 2.05) is 18.2 Å². The second-order valence-corrected chi connectivity index (χ2v) is 5.11. The van der Waals surface area contributed by atoms with E-state index in [4.69, 9.17) is 17.3 Å². The fourth-order valence-electron chi connectivity index (χ4n) is 1.47. The lowest BCUT2D eigenvalue weighted by Gasteiger charge is -2.05. The Morgan fingerprint density at radius 1 is 1.18 bits per heavy atom. The molecule has 0 bridgehead atoms. The lowest BCUT2D eigenvalue weighted by atomic mass is 10.0. The van der Waals surface area contributed by atoms with Gasteiger partial charge in [0.1, 0.15) is 0 Å². The van der Waals surface area contributed by atoms with Crippen molar-refractivity contribution < 1.29 is 4.79 Å². The van der Waals surface area contributed by atoms with E-state index in [9.17, 15) is 4.79 Å². The predicted octanol–water partition coefficient (Wildman–Crippen LogP) is 3.76. The molecule has 0 atom stereocenters. The minimum atomic E-state index is -0.0445. The molecule has 0 amide bonds. The predicted molar refractivity (Wildman–Crippen MR) is 78.5 cm³/mol. The Morgan fingerprint density at radius 2 is 1.88 bits per heavy atom. The largest absolute Gasteiger partial charge is 0.398 e. The SMILES string of the molecule is Nc1ccc(C(=O)c2ccccc2I)cc1Cl. The maximum atomic E-state index is 12.2. The summed E-state index contributed by atoms with van der Waals surface area (Å²) in [6.45, 7) is 0. The van der Waals surface area contributed by atoms with Gasteiger partial charge in [-0.1, -0.05) is 23.7 Å². The van der Waals surface area contributed by atoms with E-state index in [1.165, 1.54) is 0 Å². The van der Waals surface area contributed by atoms with E-state index < -0.39 is 0 Å². The van der Waals surface area contributed by atoms with Crippen LogP contribution in [0.4, 0.5) is 5.69 Å². The van der Waals surface area contributed by atoms with Gasteiger partial charge < -0.3 is 5.73 Å². The van der Waals surface area contributed by atoms with Crippen molar-refractivity contribution in [2.45, 2.75) is 0 Å². The molecule has 0 unspecified atom stereocenters. The standard InChI is InChI=1S/C13H9ClINO/c14-10-7-8(5-6-12(10)16)13(17)9-3-1-2-4-11(9)15/h1-7H,16H2. The average molecular weight is 358 g/mol. The number of ketones is 1. The topological polar surface area (TPSA) is 43.1 Å². The van der Waals surface area contributed by atoms with Crippen molar-refractivity contribution in [2.75, 3.05) is 5.73 Å². The number of nitrogen functional groups attached to an aromatic ring is 1. The molecule has 2 nitrogen and oxygen atoms in total. The molecular weight excluding hydrogens is 349 g/mol. The van der Waals surface area contributed by atoms with E-state index in [1.54, 1.807) is 24.3 Å². The third-order valence-corrected chi connectivity index (χ3v) is 3.65. The van der Waals surface area contributed by atoms with Crippen molar-refractivity contribution in [1.29, 1.82) is 0 Å². The first kappa shape index (κ1) is 12.4. The van der Waals surface area contributed by atoms with Gasteiger partial charge in [0.2, 0.25) is 0 Å². The van der Waals surface area contributed by atoms with Gasteiger partial charge in [-0.15, -0.1) is 0 Å². The number of halogens is 2. The van der Waals surface area contributed by atoms with Gasteiger partial charge >= 0.3 is 0 Å². The molecular formula is C13H9ClINO. The van der Waals surface area contributed by atoms with Crippen LogP contribution >= 0.6 is 34.2 Å². The van der Waals surface area contributed by atoms with E-state index >= 15 is 0 Å². The summed E-state index contributed by atoms with van der Waals surface area (Å²) in [5.74, 6) is -0.0445. The van der Waals surface area contributed by atoms with Crippen LogP contribution in [0, 0.1) is 3.57 Å². The third-order valence-electron chi connectivity index (χ3n) is 2.38. The molecule has 0 aliphatic heterocycles. The van der Waals surface area contributed by atoms with Crippen molar-refractivity contribution in [3.63, 3.8) is 0 Å². The summed E-state index contributed by atoms with van der Waals surface area (Å²) in [6.07, 6.45) is 0. The Hall–Kier alpha value is -1.07. The molecule has 2 N–H and O–H groups in total. The van der Waals surface area contributed by atoms with Crippen LogP contribution in [0.3, 0.4) is 0 Å². The number of nitrogens with two attached hydrogens (primary N) is 1. The minimum absolute atomic E-state index is 0.0445. The summed E-state index contributed by atoms with van der Waals surface area (Å²) in [4.78, 5) is 12.2. The molecule has 0 heterocycles. The zero-order chi connectivity index (χ0) is 12.4. The maximum absolute atomic E-state index is 12.2. The minimum Gasteiger partial charge on any atom is -0.398 e. The molecule has 86 valence electrons. The second kappa shape index (κ2) is 5.06. The molecule has 4 heteroatoms. The van der Waals surface area contributed by atoms with Crippen LogP contribution < -0.4 is 5.73 Å². The molecule has 0 aliphatic rings. The van der Waals surface area contributed by atoms with Gasteiger partial charge in [0.05, 0.1) is 10.7 Å². The highest BCUT2D eigenvalue weighted by atomic mass is 127. The van der Waals surface area contributed by atoms with E-state index in [0.717, 1.165) is 3.57 Å². The third kappa shape index (κ3) is 2.61. The van der Waals surface area contributed by atoms with Gasteiger partial charge in [-0.05, 0) is 52.9 Å². The van der Waals surface area contributed by atoms with Gasteiger partial charge in [0, 0.05) is 14.7 Å². The first-order valence-corrected chi connectivity index (χ1v) is 6.39. The summed E-state index contributed by atoms with van der Waals surface area (Å²) in [7, 11) is 0. The molecule has 0 spiro atoms. The molecule has 2 aromatic rings. The van der Waals surface area contributed by atoms with Crippen LogP contribution in [0.2, 0.25) is 5.02 Å². The number of anilines is 1. The van der Waals surface area contributed by atoms with Crippen LogP contribution in [0.5, 0.6) is 0 Å². The van der Waals surface area contributed by atoms with Crippen molar-refractivity contribution in [3.05, 3.63) is 62.2 Å². The zero-order valence-electron chi connectivity index (χ0n) is 8.78. The summed E-state index contributed by atoms with van der Waals surface area (Å²) < 4.78 is 0.919. The lowest BCUT2D eigenvalue weighted by molar-refractivity contribution is 0.103. The Balaban J connectivity index is 2.44. The van der Waals surface area contributed by atoms with Crippen molar-refractivity contribution in [2.24, 2.45) is 0 Å². The van der Waals surface area contributed by atoms with Crippen LogP contribution in [0.25, 0.3) is 0 Å². The Labute approximate surface area is 118 Å². The van der Waals surface area contributed by atoms with E-state index in [-0.39, 0.29) is 5.78 Å². The van der Waals surface area contributed by atoms with Crippen molar-refractivity contribution in [1.82, 2.24) is 0 Å². The quantitative estimate of drug-likeness (QED) is 0.505. The molecule has 0 saturated heterocycles. The second-order valence-electron chi connectivity index (χ2n) is 3.55. The van der Waals surface area contributed by atoms with E-state index in [0.29, 0.717) is 21.8 Å².